The molecule has 4 amide bonds. The number of carbonyl (C=O) groups excluding carboxylic acids is 3. The van der Waals surface area contributed by atoms with Crippen molar-refractivity contribution in [3.05, 3.63) is 35.9 Å². The van der Waals surface area contributed by atoms with Crippen molar-refractivity contribution in [1.82, 2.24) is 15.1 Å². The van der Waals surface area contributed by atoms with Gasteiger partial charge in [0, 0.05) is 13.1 Å². The summed E-state index contributed by atoms with van der Waals surface area (Å²) >= 11 is 0. The van der Waals surface area contributed by atoms with E-state index in [0.717, 1.165) is 36.1 Å². The van der Waals surface area contributed by atoms with Gasteiger partial charge in [0.05, 0.1) is 0 Å². The lowest BCUT2D eigenvalue weighted by molar-refractivity contribution is -0.137. The summed E-state index contributed by atoms with van der Waals surface area (Å²) in [5.74, 6) is -0.506. The topological polar surface area (TPSA) is 69.7 Å². The summed E-state index contributed by atoms with van der Waals surface area (Å²) < 4.78 is 0. The molecule has 0 spiro atoms. The molecule has 1 N–H and O–H groups in total. The van der Waals surface area contributed by atoms with Crippen LogP contribution in [0.15, 0.2) is 30.3 Å². The van der Waals surface area contributed by atoms with Gasteiger partial charge in [0.1, 0.15) is 12.6 Å². The Hall–Kier alpha value is -2.37. The third kappa shape index (κ3) is 3.36. The normalized spacial score (nSPS) is 22.0. The predicted octanol–water partition coefficient (Wildman–Crippen LogP) is 1.68. The van der Waals surface area contributed by atoms with E-state index in [9.17, 15) is 14.4 Å². The lowest BCUT2D eigenvalue weighted by atomic mass is 10.1. The van der Waals surface area contributed by atoms with Crippen LogP contribution in [0.3, 0.4) is 0 Å². The number of benzene rings is 1. The maximum atomic E-state index is 12.5. The molecule has 2 heterocycles. The van der Waals surface area contributed by atoms with Crippen LogP contribution in [0.25, 0.3) is 0 Å². The van der Waals surface area contributed by atoms with Crippen molar-refractivity contribution in [2.75, 3.05) is 19.6 Å². The zero-order valence-corrected chi connectivity index (χ0v) is 13.0. The molecule has 2 aliphatic rings. The molecule has 1 unspecified atom stereocenters. The van der Waals surface area contributed by atoms with Crippen LogP contribution in [0, 0.1) is 0 Å². The van der Waals surface area contributed by atoms with Crippen molar-refractivity contribution in [3.8, 4) is 0 Å². The van der Waals surface area contributed by atoms with E-state index in [4.69, 9.17) is 0 Å². The minimum Gasteiger partial charge on any atom is -0.341 e. The first-order chi connectivity index (χ1) is 11.2. The van der Waals surface area contributed by atoms with Gasteiger partial charge in [0.15, 0.2) is 0 Å². The third-order valence-corrected chi connectivity index (χ3v) is 4.41. The lowest BCUT2D eigenvalue weighted by Crippen LogP contribution is -2.43. The van der Waals surface area contributed by atoms with E-state index in [-0.39, 0.29) is 18.4 Å². The number of nitrogens with zero attached hydrogens (tertiary/aromatic N) is 2. The Balaban J connectivity index is 1.67. The van der Waals surface area contributed by atoms with Crippen molar-refractivity contribution >= 4 is 17.8 Å². The molecule has 2 fully saturated rings. The number of likely N-dealkylation sites (tertiary alicyclic amines) is 1. The Bertz CT molecular complexity index is 594. The van der Waals surface area contributed by atoms with Crippen LogP contribution in [-0.2, 0) is 9.59 Å². The molecular formula is C17H21N3O3. The first kappa shape index (κ1) is 15.5. The zero-order chi connectivity index (χ0) is 16.2. The summed E-state index contributed by atoms with van der Waals surface area (Å²) in [5.41, 5.74) is 0.732. The summed E-state index contributed by atoms with van der Waals surface area (Å²) in [6, 6.07) is 7.89. The van der Waals surface area contributed by atoms with E-state index >= 15 is 0 Å². The van der Waals surface area contributed by atoms with Crippen molar-refractivity contribution in [1.29, 1.82) is 0 Å². The predicted molar refractivity (Wildman–Crippen MR) is 84.5 cm³/mol. The smallest absolute Gasteiger partial charge is 0.325 e. The SMILES string of the molecule is O=C(CN1C(=O)NC(c2ccccc2)C1=O)N1CCCCCC1. The monoisotopic (exact) mass is 315 g/mol. The van der Waals surface area contributed by atoms with Crippen molar-refractivity contribution < 1.29 is 14.4 Å². The highest BCUT2D eigenvalue weighted by molar-refractivity contribution is 6.06. The van der Waals surface area contributed by atoms with E-state index in [2.05, 4.69) is 5.32 Å². The van der Waals surface area contributed by atoms with Crippen LogP contribution in [0.4, 0.5) is 4.79 Å². The van der Waals surface area contributed by atoms with Crippen LogP contribution in [0.2, 0.25) is 0 Å². The summed E-state index contributed by atoms with van der Waals surface area (Å²) in [6.45, 7) is 1.25. The Morgan fingerprint density at radius 2 is 1.70 bits per heavy atom. The van der Waals surface area contributed by atoms with E-state index in [1.807, 2.05) is 18.2 Å². The minimum atomic E-state index is -0.694. The van der Waals surface area contributed by atoms with Gasteiger partial charge < -0.3 is 10.2 Å². The number of imide groups is 1. The molecule has 0 aromatic heterocycles. The molecular weight excluding hydrogens is 294 g/mol. The molecule has 6 nitrogen and oxygen atoms in total. The fourth-order valence-corrected chi connectivity index (χ4v) is 3.10. The van der Waals surface area contributed by atoms with E-state index in [1.165, 1.54) is 0 Å². The first-order valence-corrected chi connectivity index (χ1v) is 8.11. The molecule has 0 bridgehead atoms. The zero-order valence-electron chi connectivity index (χ0n) is 13.0. The van der Waals surface area contributed by atoms with Crippen LogP contribution in [0.5, 0.6) is 0 Å². The van der Waals surface area contributed by atoms with Gasteiger partial charge in [-0.1, -0.05) is 43.2 Å². The van der Waals surface area contributed by atoms with Gasteiger partial charge in [0.2, 0.25) is 5.91 Å². The van der Waals surface area contributed by atoms with Gasteiger partial charge in [-0.2, -0.15) is 0 Å². The van der Waals surface area contributed by atoms with Gasteiger partial charge >= 0.3 is 6.03 Å². The molecule has 23 heavy (non-hydrogen) atoms. The van der Waals surface area contributed by atoms with Gasteiger partial charge in [-0.15, -0.1) is 0 Å². The fraction of sp³-hybridized carbons (Fsp3) is 0.471. The van der Waals surface area contributed by atoms with Crippen LogP contribution < -0.4 is 5.32 Å². The molecule has 0 saturated carbocycles. The molecule has 1 atom stereocenters. The molecule has 0 radical (unpaired) electrons. The molecule has 3 rings (SSSR count). The average Bonchev–Trinajstić information content (AvgIpc) is 2.78. The van der Waals surface area contributed by atoms with Crippen LogP contribution in [0.1, 0.15) is 37.3 Å². The molecule has 1 aromatic rings. The number of carbonyl (C=O) groups is 3. The molecule has 6 heteroatoms. The number of rotatable bonds is 3. The highest BCUT2D eigenvalue weighted by atomic mass is 16.2. The molecule has 2 saturated heterocycles. The van der Waals surface area contributed by atoms with Gasteiger partial charge in [-0.25, -0.2) is 4.79 Å². The van der Waals surface area contributed by atoms with Crippen molar-refractivity contribution in [3.63, 3.8) is 0 Å². The lowest BCUT2D eigenvalue weighted by Gasteiger charge is -2.22. The second-order valence-corrected chi connectivity index (χ2v) is 6.01. The van der Waals surface area contributed by atoms with E-state index < -0.39 is 12.1 Å². The Labute approximate surface area is 135 Å². The average molecular weight is 315 g/mol. The van der Waals surface area contributed by atoms with Crippen LogP contribution in [-0.4, -0.2) is 47.3 Å². The molecule has 2 aliphatic heterocycles. The maximum absolute atomic E-state index is 12.5. The second-order valence-electron chi connectivity index (χ2n) is 6.01. The fourth-order valence-electron chi connectivity index (χ4n) is 3.10. The van der Waals surface area contributed by atoms with Gasteiger partial charge in [-0.05, 0) is 18.4 Å². The standard InChI is InChI=1S/C17H21N3O3/c21-14(19-10-6-1-2-7-11-19)12-20-16(22)15(18-17(20)23)13-8-4-3-5-9-13/h3-5,8-9,15H,1-2,6-7,10-12H2,(H,18,23). The maximum Gasteiger partial charge on any atom is 0.325 e. The number of urea groups is 1. The summed E-state index contributed by atoms with van der Waals surface area (Å²) in [7, 11) is 0. The summed E-state index contributed by atoms with van der Waals surface area (Å²) in [6.07, 6.45) is 4.23. The Kier molecular flexibility index (Phi) is 4.60. The minimum absolute atomic E-state index is 0.149. The first-order valence-electron chi connectivity index (χ1n) is 8.11. The second kappa shape index (κ2) is 6.81. The number of amides is 4. The highest BCUT2D eigenvalue weighted by Gasteiger charge is 2.40. The Morgan fingerprint density at radius 3 is 2.35 bits per heavy atom. The summed E-state index contributed by atoms with van der Waals surface area (Å²) in [5, 5.41) is 2.66. The largest absolute Gasteiger partial charge is 0.341 e. The number of hydrogen-bond acceptors (Lipinski definition) is 3. The number of nitrogens with one attached hydrogen (secondary N) is 1. The molecule has 1 aromatic carbocycles. The van der Waals surface area contributed by atoms with Crippen molar-refractivity contribution in [2.24, 2.45) is 0 Å². The third-order valence-electron chi connectivity index (χ3n) is 4.41. The van der Waals surface area contributed by atoms with E-state index in [1.54, 1.807) is 17.0 Å². The summed E-state index contributed by atoms with van der Waals surface area (Å²) in [4.78, 5) is 39.7. The van der Waals surface area contributed by atoms with E-state index in [0.29, 0.717) is 13.1 Å². The highest BCUT2D eigenvalue weighted by Crippen LogP contribution is 2.21. The number of hydrogen-bond donors (Lipinski definition) is 1. The Morgan fingerprint density at radius 1 is 1.04 bits per heavy atom. The molecule has 122 valence electrons. The molecule has 0 aliphatic carbocycles. The quantitative estimate of drug-likeness (QED) is 0.863. The van der Waals surface area contributed by atoms with Crippen molar-refractivity contribution in [2.45, 2.75) is 31.7 Å². The van der Waals surface area contributed by atoms with Gasteiger partial charge in [-0.3, -0.25) is 14.5 Å². The van der Waals surface area contributed by atoms with Gasteiger partial charge in [0.25, 0.3) is 5.91 Å². The van der Waals surface area contributed by atoms with Crippen LogP contribution >= 0.6 is 0 Å².